The molecule has 0 spiro atoms. The summed E-state index contributed by atoms with van der Waals surface area (Å²) in [5.74, 6) is 0. The normalized spacial score (nSPS) is 11.7. The van der Waals surface area contributed by atoms with E-state index in [4.69, 9.17) is 5.14 Å². The maximum Gasteiger partial charge on any atom is 0.238 e. The van der Waals surface area contributed by atoms with Crippen LogP contribution in [0.1, 0.15) is 31.4 Å². The summed E-state index contributed by atoms with van der Waals surface area (Å²) in [6, 6.07) is 5.44. The molecule has 0 heterocycles. The molecule has 0 radical (unpaired) electrons. The molecule has 0 fully saturated rings. The molecule has 0 saturated carbocycles. The zero-order chi connectivity index (χ0) is 12.9. The minimum absolute atomic E-state index is 0.246. The fourth-order valence-corrected chi connectivity index (χ4v) is 2.57. The van der Waals surface area contributed by atoms with Crippen molar-refractivity contribution in [1.29, 1.82) is 0 Å². The van der Waals surface area contributed by atoms with Gasteiger partial charge in [0.25, 0.3) is 0 Å². The molecular formula is C12H20N2O2S. The monoisotopic (exact) mass is 256 g/mol. The molecule has 4 nitrogen and oxygen atoms in total. The summed E-state index contributed by atoms with van der Waals surface area (Å²) >= 11 is 0. The second-order valence-electron chi connectivity index (χ2n) is 4.02. The van der Waals surface area contributed by atoms with Crippen molar-refractivity contribution >= 4 is 10.0 Å². The van der Waals surface area contributed by atoms with Gasteiger partial charge in [0.05, 0.1) is 4.90 Å². The van der Waals surface area contributed by atoms with E-state index in [9.17, 15) is 8.42 Å². The zero-order valence-electron chi connectivity index (χ0n) is 10.4. The summed E-state index contributed by atoms with van der Waals surface area (Å²) < 4.78 is 22.9. The summed E-state index contributed by atoms with van der Waals surface area (Å²) in [5.41, 5.74) is 1.71. The molecule has 96 valence electrons. The third kappa shape index (κ3) is 4.11. The summed E-state index contributed by atoms with van der Waals surface area (Å²) in [6.07, 6.45) is 1.71. The standard InChI is InChI=1S/C12H20N2O2S/c1-3-7-14-9-10-5-6-11(4-2)12(8-10)17(13,15)16/h5-6,8,14H,3-4,7,9H2,1-2H3,(H2,13,15,16). The van der Waals surface area contributed by atoms with Crippen molar-refractivity contribution in [3.8, 4) is 0 Å². The Morgan fingerprint density at radius 1 is 1.29 bits per heavy atom. The summed E-state index contributed by atoms with van der Waals surface area (Å²) in [7, 11) is -3.63. The molecule has 0 aliphatic carbocycles. The molecule has 0 atom stereocenters. The number of rotatable bonds is 6. The Morgan fingerprint density at radius 3 is 2.53 bits per heavy atom. The van der Waals surface area contributed by atoms with Crippen LogP contribution < -0.4 is 10.5 Å². The lowest BCUT2D eigenvalue weighted by molar-refractivity contribution is 0.596. The predicted molar refractivity (Wildman–Crippen MR) is 69.2 cm³/mol. The van der Waals surface area contributed by atoms with Crippen LogP contribution in [0.2, 0.25) is 0 Å². The maximum atomic E-state index is 11.5. The van der Waals surface area contributed by atoms with Crippen molar-refractivity contribution in [3.05, 3.63) is 29.3 Å². The van der Waals surface area contributed by atoms with E-state index in [0.717, 1.165) is 24.1 Å². The average Bonchev–Trinajstić information content (AvgIpc) is 2.28. The average molecular weight is 256 g/mol. The predicted octanol–water partition coefficient (Wildman–Crippen LogP) is 1.40. The molecule has 0 aromatic heterocycles. The second-order valence-corrected chi connectivity index (χ2v) is 5.55. The van der Waals surface area contributed by atoms with E-state index < -0.39 is 10.0 Å². The lowest BCUT2D eigenvalue weighted by Gasteiger charge is -2.09. The van der Waals surface area contributed by atoms with Crippen molar-refractivity contribution in [2.24, 2.45) is 5.14 Å². The van der Waals surface area contributed by atoms with Crippen molar-refractivity contribution in [2.75, 3.05) is 6.54 Å². The first-order valence-corrected chi connectivity index (χ1v) is 7.39. The SMILES string of the molecule is CCCNCc1ccc(CC)c(S(N)(=O)=O)c1. The Morgan fingerprint density at radius 2 is 2.00 bits per heavy atom. The Balaban J connectivity index is 2.97. The van der Waals surface area contributed by atoms with Gasteiger partial charge in [-0.2, -0.15) is 0 Å². The van der Waals surface area contributed by atoms with Crippen LogP contribution in [0.3, 0.4) is 0 Å². The number of hydrogen-bond acceptors (Lipinski definition) is 3. The molecule has 0 aliphatic rings. The topological polar surface area (TPSA) is 72.2 Å². The molecule has 5 heteroatoms. The first-order chi connectivity index (χ1) is 7.99. The highest BCUT2D eigenvalue weighted by atomic mass is 32.2. The van der Waals surface area contributed by atoms with Crippen LogP contribution in [0.15, 0.2) is 23.1 Å². The number of nitrogens with one attached hydrogen (secondary N) is 1. The molecule has 0 aliphatic heterocycles. The number of primary sulfonamides is 1. The Labute approximate surface area is 103 Å². The van der Waals surface area contributed by atoms with E-state index in [0.29, 0.717) is 13.0 Å². The lowest BCUT2D eigenvalue weighted by Crippen LogP contribution is -2.17. The Kier molecular flexibility index (Phi) is 5.11. The van der Waals surface area contributed by atoms with Crippen LogP contribution in [-0.2, 0) is 23.0 Å². The molecule has 17 heavy (non-hydrogen) atoms. The van der Waals surface area contributed by atoms with Crippen LogP contribution >= 0.6 is 0 Å². The third-order valence-electron chi connectivity index (χ3n) is 2.57. The number of nitrogens with two attached hydrogens (primary N) is 1. The van der Waals surface area contributed by atoms with Gasteiger partial charge < -0.3 is 5.32 Å². The van der Waals surface area contributed by atoms with Crippen LogP contribution in [0.25, 0.3) is 0 Å². The number of aryl methyl sites for hydroxylation is 1. The molecule has 0 amide bonds. The van der Waals surface area contributed by atoms with Gasteiger partial charge in [-0.05, 0) is 36.6 Å². The first kappa shape index (κ1) is 14.2. The molecule has 0 saturated heterocycles. The minimum atomic E-state index is -3.63. The number of benzene rings is 1. The van der Waals surface area contributed by atoms with E-state index in [-0.39, 0.29) is 4.90 Å². The van der Waals surface area contributed by atoms with Gasteiger partial charge in [-0.25, -0.2) is 13.6 Å². The van der Waals surface area contributed by atoms with E-state index in [1.807, 2.05) is 19.1 Å². The van der Waals surface area contributed by atoms with Crippen molar-refractivity contribution in [2.45, 2.75) is 38.1 Å². The largest absolute Gasteiger partial charge is 0.313 e. The van der Waals surface area contributed by atoms with E-state index >= 15 is 0 Å². The molecule has 0 unspecified atom stereocenters. The molecule has 1 rings (SSSR count). The van der Waals surface area contributed by atoms with Crippen LogP contribution in [0, 0.1) is 0 Å². The smallest absolute Gasteiger partial charge is 0.238 e. The van der Waals surface area contributed by atoms with Gasteiger partial charge in [0, 0.05) is 6.54 Å². The van der Waals surface area contributed by atoms with E-state index in [2.05, 4.69) is 12.2 Å². The molecule has 1 aromatic rings. The van der Waals surface area contributed by atoms with Gasteiger partial charge in [0.1, 0.15) is 0 Å². The lowest BCUT2D eigenvalue weighted by atomic mass is 10.1. The van der Waals surface area contributed by atoms with Crippen LogP contribution in [0.4, 0.5) is 0 Å². The number of hydrogen-bond donors (Lipinski definition) is 2. The highest BCUT2D eigenvalue weighted by molar-refractivity contribution is 7.89. The van der Waals surface area contributed by atoms with Gasteiger partial charge in [-0.1, -0.05) is 26.0 Å². The number of sulfonamides is 1. The zero-order valence-corrected chi connectivity index (χ0v) is 11.2. The first-order valence-electron chi connectivity index (χ1n) is 5.84. The molecule has 1 aromatic carbocycles. The van der Waals surface area contributed by atoms with Crippen molar-refractivity contribution < 1.29 is 8.42 Å². The second kappa shape index (κ2) is 6.14. The Bertz CT molecular complexity index is 469. The summed E-state index contributed by atoms with van der Waals surface area (Å²) in [6.45, 7) is 5.59. The van der Waals surface area contributed by atoms with E-state index in [1.165, 1.54) is 0 Å². The minimum Gasteiger partial charge on any atom is -0.313 e. The summed E-state index contributed by atoms with van der Waals surface area (Å²) in [4.78, 5) is 0.246. The quantitative estimate of drug-likeness (QED) is 0.756. The van der Waals surface area contributed by atoms with Gasteiger partial charge in [0.15, 0.2) is 0 Å². The fourth-order valence-electron chi connectivity index (χ4n) is 1.68. The van der Waals surface area contributed by atoms with Crippen molar-refractivity contribution in [1.82, 2.24) is 5.32 Å². The van der Waals surface area contributed by atoms with Gasteiger partial charge in [-0.15, -0.1) is 0 Å². The molecular weight excluding hydrogens is 236 g/mol. The van der Waals surface area contributed by atoms with Gasteiger partial charge >= 0.3 is 0 Å². The maximum absolute atomic E-state index is 11.5. The highest BCUT2D eigenvalue weighted by Crippen LogP contribution is 2.17. The Hall–Kier alpha value is -0.910. The molecule has 0 bridgehead atoms. The highest BCUT2D eigenvalue weighted by Gasteiger charge is 2.13. The van der Waals surface area contributed by atoms with Crippen LogP contribution in [0.5, 0.6) is 0 Å². The fraction of sp³-hybridized carbons (Fsp3) is 0.500. The van der Waals surface area contributed by atoms with Crippen molar-refractivity contribution in [3.63, 3.8) is 0 Å². The molecule has 3 N–H and O–H groups in total. The van der Waals surface area contributed by atoms with Gasteiger partial charge in [-0.3, -0.25) is 0 Å². The third-order valence-corrected chi connectivity index (χ3v) is 3.57. The summed E-state index contributed by atoms with van der Waals surface area (Å²) in [5, 5.41) is 8.44. The van der Waals surface area contributed by atoms with Gasteiger partial charge in [0.2, 0.25) is 10.0 Å². The van der Waals surface area contributed by atoms with E-state index in [1.54, 1.807) is 6.07 Å². The van der Waals surface area contributed by atoms with Crippen LogP contribution in [-0.4, -0.2) is 15.0 Å².